The van der Waals surface area contributed by atoms with Crippen molar-refractivity contribution in [2.75, 3.05) is 0 Å². The van der Waals surface area contributed by atoms with Gasteiger partial charge >= 0.3 is 0 Å². The molecule has 10 aromatic rings. The lowest BCUT2D eigenvalue weighted by Crippen LogP contribution is -1.93. The maximum atomic E-state index is 6.47. The summed E-state index contributed by atoms with van der Waals surface area (Å²) in [6.07, 6.45) is 1.90. The van der Waals surface area contributed by atoms with Gasteiger partial charge in [-0.1, -0.05) is 140 Å². The van der Waals surface area contributed by atoms with Gasteiger partial charge in [-0.05, 0) is 83.5 Å². The molecule has 47 heavy (non-hydrogen) atoms. The van der Waals surface area contributed by atoms with Crippen LogP contribution in [0.2, 0.25) is 0 Å². The second-order valence-corrected chi connectivity index (χ2v) is 12.2. The second kappa shape index (κ2) is 10.1. The molecule has 0 fully saturated rings. The maximum absolute atomic E-state index is 6.47. The molecule has 0 amide bonds. The lowest BCUT2D eigenvalue weighted by molar-refractivity contribution is 0.668. The summed E-state index contributed by atoms with van der Waals surface area (Å²) in [5.41, 5.74) is 8.51. The molecule has 0 saturated carbocycles. The van der Waals surface area contributed by atoms with Crippen molar-refractivity contribution in [2.24, 2.45) is 0 Å². The summed E-state index contributed by atoms with van der Waals surface area (Å²) in [7, 11) is 0. The number of nitrogens with zero attached hydrogens (tertiary/aromatic N) is 1. The van der Waals surface area contributed by atoms with Crippen molar-refractivity contribution in [3.05, 3.63) is 164 Å². The van der Waals surface area contributed by atoms with Gasteiger partial charge in [0.15, 0.2) is 5.58 Å². The van der Waals surface area contributed by atoms with E-state index in [0.717, 1.165) is 33.2 Å². The lowest BCUT2D eigenvalue weighted by Gasteiger charge is -2.20. The summed E-state index contributed by atoms with van der Waals surface area (Å²) in [4.78, 5) is 4.92. The average Bonchev–Trinajstić information content (AvgIpc) is 3.52. The molecule has 10 rings (SSSR count). The molecule has 0 spiro atoms. The zero-order valence-corrected chi connectivity index (χ0v) is 25.4. The molecular weight excluding hydrogens is 571 g/mol. The van der Waals surface area contributed by atoms with E-state index in [-0.39, 0.29) is 0 Å². The van der Waals surface area contributed by atoms with Gasteiger partial charge in [0.05, 0.1) is 0 Å². The van der Waals surface area contributed by atoms with Crippen LogP contribution >= 0.6 is 0 Å². The summed E-state index contributed by atoms with van der Waals surface area (Å²) >= 11 is 0. The molecule has 0 atom stereocenters. The minimum absolute atomic E-state index is 0.815. The van der Waals surface area contributed by atoms with E-state index in [9.17, 15) is 0 Å². The Morgan fingerprint density at radius 1 is 0.383 bits per heavy atom. The molecule has 2 nitrogen and oxygen atoms in total. The van der Waals surface area contributed by atoms with Crippen LogP contribution in [0.25, 0.3) is 98.5 Å². The van der Waals surface area contributed by atoms with E-state index in [0.29, 0.717) is 0 Å². The first-order chi connectivity index (χ1) is 23.3. The van der Waals surface area contributed by atoms with Gasteiger partial charge in [-0.2, -0.15) is 0 Å². The normalized spacial score (nSPS) is 11.8. The highest BCUT2D eigenvalue weighted by Gasteiger charge is 2.21. The number of hydrogen-bond donors (Lipinski definition) is 0. The third kappa shape index (κ3) is 3.89. The molecule has 0 aliphatic rings. The highest BCUT2D eigenvalue weighted by molar-refractivity contribution is 6.26. The third-order valence-electron chi connectivity index (χ3n) is 9.71. The predicted octanol–water partition coefficient (Wildman–Crippen LogP) is 12.6. The Balaban J connectivity index is 1.38. The summed E-state index contributed by atoms with van der Waals surface area (Å²) < 4.78 is 6.47. The van der Waals surface area contributed by atoms with Crippen LogP contribution in [0.4, 0.5) is 0 Å². The van der Waals surface area contributed by atoms with Crippen molar-refractivity contribution in [2.45, 2.75) is 0 Å². The van der Waals surface area contributed by atoms with Gasteiger partial charge in [-0.3, -0.25) is 4.98 Å². The van der Waals surface area contributed by atoms with E-state index in [1.165, 1.54) is 65.3 Å². The number of aromatic nitrogens is 1. The molecule has 8 aromatic carbocycles. The molecule has 0 aliphatic carbocycles. The van der Waals surface area contributed by atoms with Gasteiger partial charge in [-0.25, -0.2) is 0 Å². The second-order valence-electron chi connectivity index (χ2n) is 12.2. The van der Waals surface area contributed by atoms with E-state index < -0.39 is 0 Å². The standard InChI is InChI=1S/C45H27NO/c1-3-15-31-28(11-1)13-9-20-34(31)42-36-18-5-6-19-37(36)43(35-21-10-14-29-12-2-4-16-32(29)35)40-27-30(23-24-38(40)42)44-45-39(25-26-46-44)33-17-7-8-22-41(33)47-45/h1-27H. The van der Waals surface area contributed by atoms with Crippen molar-refractivity contribution in [3.8, 4) is 33.5 Å². The first-order valence-electron chi connectivity index (χ1n) is 16.0. The molecule has 218 valence electrons. The fourth-order valence-corrected chi connectivity index (χ4v) is 7.65. The smallest absolute Gasteiger partial charge is 0.161 e. The largest absolute Gasteiger partial charge is 0.454 e. The Hall–Kier alpha value is -6.25. The van der Waals surface area contributed by atoms with Gasteiger partial charge in [-0.15, -0.1) is 0 Å². The third-order valence-corrected chi connectivity index (χ3v) is 9.71. The van der Waals surface area contributed by atoms with Crippen LogP contribution < -0.4 is 0 Å². The maximum Gasteiger partial charge on any atom is 0.161 e. The van der Waals surface area contributed by atoms with Crippen LogP contribution in [-0.4, -0.2) is 4.98 Å². The Labute approximate surface area is 271 Å². The van der Waals surface area contributed by atoms with Crippen molar-refractivity contribution in [3.63, 3.8) is 0 Å². The predicted molar refractivity (Wildman–Crippen MR) is 198 cm³/mol. The Kier molecular flexibility index (Phi) is 5.61. The molecule has 2 heteroatoms. The van der Waals surface area contributed by atoms with Gasteiger partial charge in [0.1, 0.15) is 11.3 Å². The summed E-state index contributed by atoms with van der Waals surface area (Å²) in [6, 6.07) is 56.7. The van der Waals surface area contributed by atoms with Crippen LogP contribution in [0, 0.1) is 0 Å². The van der Waals surface area contributed by atoms with E-state index in [1.807, 2.05) is 18.3 Å². The molecule has 2 heterocycles. The zero-order chi connectivity index (χ0) is 30.9. The first-order valence-corrected chi connectivity index (χ1v) is 16.0. The molecule has 2 aromatic heterocycles. The number of pyridine rings is 1. The van der Waals surface area contributed by atoms with E-state index >= 15 is 0 Å². The van der Waals surface area contributed by atoms with Crippen LogP contribution in [0.5, 0.6) is 0 Å². The molecule has 0 bridgehead atoms. The summed E-state index contributed by atoms with van der Waals surface area (Å²) in [6.45, 7) is 0. The van der Waals surface area contributed by atoms with Crippen LogP contribution in [-0.2, 0) is 0 Å². The van der Waals surface area contributed by atoms with Crippen molar-refractivity contribution < 1.29 is 4.42 Å². The fraction of sp³-hybridized carbons (Fsp3) is 0. The molecule has 0 aliphatic heterocycles. The number of rotatable bonds is 3. The number of benzene rings is 8. The van der Waals surface area contributed by atoms with E-state index in [2.05, 4.69) is 146 Å². The SMILES string of the molecule is c1ccc2c(-c3c4ccccc4c(-c4cccc5ccccc45)c4cc(-c5nccc6c5oc5ccccc56)ccc34)cccc2c1. The zero-order valence-electron chi connectivity index (χ0n) is 25.4. The van der Waals surface area contributed by atoms with Gasteiger partial charge < -0.3 is 4.42 Å². The summed E-state index contributed by atoms with van der Waals surface area (Å²) in [5, 5.41) is 12.0. The Bertz CT molecular complexity index is 2850. The van der Waals surface area contributed by atoms with Crippen molar-refractivity contribution >= 4 is 65.0 Å². The average molecular weight is 598 g/mol. The van der Waals surface area contributed by atoms with Gasteiger partial charge in [0, 0.05) is 22.5 Å². The summed E-state index contributed by atoms with van der Waals surface area (Å²) in [5.74, 6) is 0. The minimum Gasteiger partial charge on any atom is -0.454 e. The number of hydrogen-bond acceptors (Lipinski definition) is 2. The molecule has 0 N–H and O–H groups in total. The first kappa shape index (κ1) is 26.0. The quantitative estimate of drug-likeness (QED) is 0.189. The van der Waals surface area contributed by atoms with Gasteiger partial charge in [0.2, 0.25) is 0 Å². The van der Waals surface area contributed by atoms with Crippen LogP contribution in [0.15, 0.2) is 168 Å². The van der Waals surface area contributed by atoms with Crippen LogP contribution in [0.3, 0.4) is 0 Å². The topological polar surface area (TPSA) is 26.0 Å². The lowest BCUT2D eigenvalue weighted by atomic mass is 9.83. The van der Waals surface area contributed by atoms with Gasteiger partial charge in [0.25, 0.3) is 0 Å². The Morgan fingerprint density at radius 3 is 1.60 bits per heavy atom. The number of para-hydroxylation sites is 1. The number of fused-ring (bicyclic) bond motifs is 7. The molecule has 0 unspecified atom stereocenters. The highest BCUT2D eigenvalue weighted by Crippen LogP contribution is 2.48. The molecule has 0 saturated heterocycles. The fourth-order valence-electron chi connectivity index (χ4n) is 7.65. The molecule has 0 radical (unpaired) electrons. The van der Waals surface area contributed by atoms with Crippen LogP contribution in [0.1, 0.15) is 0 Å². The van der Waals surface area contributed by atoms with E-state index in [1.54, 1.807) is 0 Å². The monoisotopic (exact) mass is 597 g/mol. The van der Waals surface area contributed by atoms with Crippen molar-refractivity contribution in [1.82, 2.24) is 4.98 Å². The highest BCUT2D eigenvalue weighted by atomic mass is 16.3. The molecular formula is C45H27NO. The van der Waals surface area contributed by atoms with E-state index in [4.69, 9.17) is 9.40 Å². The van der Waals surface area contributed by atoms with Crippen molar-refractivity contribution in [1.29, 1.82) is 0 Å². The Morgan fingerprint density at radius 2 is 0.915 bits per heavy atom. The number of furan rings is 1. The minimum atomic E-state index is 0.815.